The Labute approximate surface area is 119 Å². The van der Waals surface area contributed by atoms with E-state index in [1.165, 1.54) is 11.1 Å². The van der Waals surface area contributed by atoms with Crippen molar-refractivity contribution in [2.24, 2.45) is 10.9 Å². The first-order valence-electron chi connectivity index (χ1n) is 6.46. The summed E-state index contributed by atoms with van der Waals surface area (Å²) < 4.78 is 0. The van der Waals surface area contributed by atoms with Crippen LogP contribution in [-0.4, -0.2) is 18.1 Å². The second-order valence-corrected chi connectivity index (χ2v) is 4.78. The van der Waals surface area contributed by atoms with Gasteiger partial charge in [-0.3, -0.25) is 0 Å². The summed E-state index contributed by atoms with van der Waals surface area (Å²) >= 11 is 0. The molecule has 0 saturated heterocycles. The second kappa shape index (κ2) is 6.10. The van der Waals surface area contributed by atoms with Gasteiger partial charge in [-0.25, -0.2) is 0 Å². The van der Waals surface area contributed by atoms with Crippen molar-refractivity contribution in [1.29, 1.82) is 0 Å². The van der Waals surface area contributed by atoms with Crippen molar-refractivity contribution in [3.63, 3.8) is 0 Å². The van der Waals surface area contributed by atoms with Gasteiger partial charge in [-0.1, -0.05) is 41.6 Å². The van der Waals surface area contributed by atoms with E-state index in [4.69, 9.17) is 10.9 Å². The molecule has 2 rings (SSSR count). The largest absolute Gasteiger partial charge is 0.409 e. The van der Waals surface area contributed by atoms with E-state index >= 15 is 0 Å². The molecule has 0 bridgehead atoms. The van der Waals surface area contributed by atoms with Crippen LogP contribution in [0.15, 0.2) is 53.7 Å². The van der Waals surface area contributed by atoms with E-state index in [9.17, 15) is 0 Å². The van der Waals surface area contributed by atoms with Crippen LogP contribution in [0.5, 0.6) is 0 Å². The summed E-state index contributed by atoms with van der Waals surface area (Å²) in [6.45, 7) is 2.86. The van der Waals surface area contributed by atoms with Gasteiger partial charge in [0.2, 0.25) is 0 Å². The minimum Gasteiger partial charge on any atom is -0.409 e. The predicted molar refractivity (Wildman–Crippen MR) is 82.2 cm³/mol. The first kappa shape index (κ1) is 13.9. The minimum absolute atomic E-state index is 0.122. The third-order valence-electron chi connectivity index (χ3n) is 3.37. The molecule has 0 aliphatic rings. The maximum absolute atomic E-state index is 8.87. The molecule has 0 unspecified atom stereocenters. The number of amidine groups is 1. The summed E-state index contributed by atoms with van der Waals surface area (Å²) in [6.07, 6.45) is 0. The van der Waals surface area contributed by atoms with E-state index < -0.39 is 0 Å². The van der Waals surface area contributed by atoms with E-state index in [-0.39, 0.29) is 5.84 Å². The molecule has 2 aromatic carbocycles. The van der Waals surface area contributed by atoms with Crippen LogP contribution in [0.25, 0.3) is 0 Å². The number of hydrogen-bond acceptors (Lipinski definition) is 3. The van der Waals surface area contributed by atoms with Crippen LogP contribution in [0.4, 0.5) is 5.69 Å². The topological polar surface area (TPSA) is 61.8 Å². The molecular formula is C16H19N3O. The van der Waals surface area contributed by atoms with Crippen molar-refractivity contribution >= 4 is 11.5 Å². The fraction of sp³-hybridized carbons (Fsp3) is 0.188. The van der Waals surface area contributed by atoms with Gasteiger partial charge in [0, 0.05) is 24.8 Å². The Morgan fingerprint density at radius 2 is 1.80 bits per heavy atom. The zero-order chi connectivity index (χ0) is 14.5. The Balaban J connectivity index is 2.30. The molecule has 0 aromatic heterocycles. The smallest absolute Gasteiger partial charge is 0.172 e. The number of oxime groups is 1. The molecule has 0 amide bonds. The maximum atomic E-state index is 8.87. The molecule has 2 aromatic rings. The highest BCUT2D eigenvalue weighted by Crippen LogP contribution is 2.21. The fourth-order valence-corrected chi connectivity index (χ4v) is 2.21. The van der Waals surface area contributed by atoms with Gasteiger partial charge in [-0.2, -0.15) is 0 Å². The number of aryl methyl sites for hydroxylation is 1. The number of nitrogens with two attached hydrogens (primary N) is 1. The van der Waals surface area contributed by atoms with Gasteiger partial charge in [0.05, 0.1) is 0 Å². The Morgan fingerprint density at radius 3 is 2.50 bits per heavy atom. The highest BCUT2D eigenvalue weighted by atomic mass is 16.4. The number of rotatable bonds is 4. The summed E-state index contributed by atoms with van der Waals surface area (Å²) in [6, 6.07) is 15.9. The number of anilines is 1. The lowest BCUT2D eigenvalue weighted by Gasteiger charge is -2.23. The molecule has 0 heterocycles. The van der Waals surface area contributed by atoms with Crippen LogP contribution in [-0.2, 0) is 6.54 Å². The highest BCUT2D eigenvalue weighted by Gasteiger charge is 2.11. The summed E-state index contributed by atoms with van der Waals surface area (Å²) in [7, 11) is 2.00. The molecule has 0 saturated carbocycles. The van der Waals surface area contributed by atoms with E-state index in [2.05, 4.69) is 29.1 Å². The van der Waals surface area contributed by atoms with Crippen molar-refractivity contribution in [3.05, 3.63) is 65.2 Å². The van der Waals surface area contributed by atoms with Crippen LogP contribution in [0.3, 0.4) is 0 Å². The van der Waals surface area contributed by atoms with E-state index in [0.29, 0.717) is 0 Å². The minimum atomic E-state index is 0.122. The predicted octanol–water partition coefficient (Wildman–Crippen LogP) is 2.73. The molecule has 3 N–H and O–H groups in total. The quantitative estimate of drug-likeness (QED) is 0.388. The van der Waals surface area contributed by atoms with Crippen molar-refractivity contribution in [1.82, 2.24) is 0 Å². The monoisotopic (exact) mass is 269 g/mol. The number of hydrogen-bond donors (Lipinski definition) is 2. The van der Waals surface area contributed by atoms with Crippen molar-refractivity contribution in [2.75, 3.05) is 11.9 Å². The molecule has 0 atom stereocenters. The average Bonchev–Trinajstić information content (AvgIpc) is 2.48. The van der Waals surface area contributed by atoms with E-state index in [0.717, 1.165) is 17.8 Å². The molecule has 20 heavy (non-hydrogen) atoms. The van der Waals surface area contributed by atoms with Gasteiger partial charge in [0.15, 0.2) is 5.84 Å². The lowest BCUT2D eigenvalue weighted by Crippen LogP contribution is -2.22. The zero-order valence-electron chi connectivity index (χ0n) is 11.7. The third-order valence-corrected chi connectivity index (χ3v) is 3.37. The van der Waals surface area contributed by atoms with Gasteiger partial charge < -0.3 is 15.8 Å². The Hall–Kier alpha value is -2.49. The van der Waals surface area contributed by atoms with Crippen molar-refractivity contribution in [2.45, 2.75) is 13.5 Å². The summed E-state index contributed by atoms with van der Waals surface area (Å²) in [5.74, 6) is 0.122. The highest BCUT2D eigenvalue weighted by molar-refractivity contribution is 6.02. The normalized spacial score (nSPS) is 11.4. The molecule has 0 fully saturated rings. The first-order chi connectivity index (χ1) is 9.63. The van der Waals surface area contributed by atoms with E-state index in [1.807, 2.05) is 43.4 Å². The van der Waals surface area contributed by atoms with Crippen LogP contribution < -0.4 is 10.6 Å². The van der Waals surface area contributed by atoms with Crippen molar-refractivity contribution < 1.29 is 5.21 Å². The van der Waals surface area contributed by atoms with Gasteiger partial charge in [0.1, 0.15) is 0 Å². The molecule has 4 heteroatoms. The summed E-state index contributed by atoms with van der Waals surface area (Å²) in [5, 5.41) is 12.0. The average molecular weight is 269 g/mol. The zero-order valence-corrected chi connectivity index (χ0v) is 11.7. The number of benzene rings is 2. The van der Waals surface area contributed by atoms with Crippen LogP contribution in [0, 0.1) is 6.92 Å². The fourth-order valence-electron chi connectivity index (χ4n) is 2.21. The number of nitrogens with zero attached hydrogens (tertiary/aromatic N) is 2. The Kier molecular flexibility index (Phi) is 4.25. The first-order valence-corrected chi connectivity index (χ1v) is 6.46. The summed E-state index contributed by atoms with van der Waals surface area (Å²) in [4.78, 5) is 2.09. The molecule has 0 radical (unpaired) electrons. The Morgan fingerprint density at radius 1 is 1.15 bits per heavy atom. The van der Waals surface area contributed by atoms with Crippen molar-refractivity contribution in [3.8, 4) is 0 Å². The SMILES string of the molecule is Cc1ccccc1CN(C)c1ccccc1C(N)=NO. The lowest BCUT2D eigenvalue weighted by atomic mass is 10.1. The molecular weight excluding hydrogens is 250 g/mol. The molecule has 104 valence electrons. The van der Waals surface area contributed by atoms with Gasteiger partial charge in [-0.05, 0) is 30.2 Å². The van der Waals surface area contributed by atoms with Gasteiger partial charge >= 0.3 is 0 Å². The molecule has 0 aliphatic carbocycles. The third kappa shape index (κ3) is 2.91. The van der Waals surface area contributed by atoms with Crippen LogP contribution in [0.2, 0.25) is 0 Å². The lowest BCUT2D eigenvalue weighted by molar-refractivity contribution is 0.318. The number of para-hydroxylation sites is 1. The molecule has 4 nitrogen and oxygen atoms in total. The van der Waals surface area contributed by atoms with Gasteiger partial charge in [-0.15, -0.1) is 0 Å². The van der Waals surface area contributed by atoms with E-state index in [1.54, 1.807) is 0 Å². The van der Waals surface area contributed by atoms with Crippen LogP contribution in [0.1, 0.15) is 16.7 Å². The van der Waals surface area contributed by atoms with Crippen LogP contribution >= 0.6 is 0 Å². The standard InChI is InChI=1S/C16H19N3O/c1-12-7-3-4-8-13(12)11-19(2)15-10-6-5-9-14(15)16(17)18-20/h3-10,20H,11H2,1-2H3,(H2,17,18). The summed E-state index contributed by atoms with van der Waals surface area (Å²) in [5.41, 5.74) is 9.90. The maximum Gasteiger partial charge on any atom is 0.172 e. The molecule has 0 aliphatic heterocycles. The molecule has 0 spiro atoms. The van der Waals surface area contributed by atoms with Gasteiger partial charge in [0.25, 0.3) is 0 Å². The Bertz CT molecular complexity index is 623. The second-order valence-electron chi connectivity index (χ2n) is 4.78.